The van der Waals surface area contributed by atoms with E-state index in [1.165, 1.54) is 5.56 Å². The van der Waals surface area contributed by atoms with Crippen LogP contribution in [0.2, 0.25) is 5.02 Å². The van der Waals surface area contributed by atoms with E-state index in [2.05, 4.69) is 47.1 Å². The van der Waals surface area contributed by atoms with Crippen LogP contribution >= 0.6 is 11.6 Å². The summed E-state index contributed by atoms with van der Waals surface area (Å²) in [7, 11) is 0. The average molecular weight is 345 g/mol. The zero-order chi connectivity index (χ0) is 16.8. The van der Waals surface area contributed by atoms with Gasteiger partial charge in [-0.3, -0.25) is 9.80 Å². The molecule has 1 aliphatic heterocycles. The first-order chi connectivity index (χ1) is 11.7. The first-order valence-corrected chi connectivity index (χ1v) is 8.98. The summed E-state index contributed by atoms with van der Waals surface area (Å²) in [5, 5.41) is 0.740. The van der Waals surface area contributed by atoms with Crippen LogP contribution in [0.25, 0.3) is 0 Å². The van der Waals surface area contributed by atoms with Gasteiger partial charge in [0, 0.05) is 44.3 Å². The number of benzene rings is 2. The molecule has 3 nitrogen and oxygen atoms in total. The molecule has 1 fully saturated rings. The zero-order valence-electron chi connectivity index (χ0n) is 14.2. The molecule has 0 aliphatic carbocycles. The van der Waals surface area contributed by atoms with Gasteiger partial charge in [0.05, 0.1) is 0 Å². The maximum atomic E-state index is 5.98. The Morgan fingerprint density at radius 2 is 1.54 bits per heavy atom. The van der Waals surface area contributed by atoms with Gasteiger partial charge >= 0.3 is 0 Å². The van der Waals surface area contributed by atoms with Crippen molar-refractivity contribution < 1.29 is 4.74 Å². The second kappa shape index (κ2) is 8.52. The Morgan fingerprint density at radius 3 is 2.21 bits per heavy atom. The topological polar surface area (TPSA) is 15.7 Å². The van der Waals surface area contributed by atoms with Crippen molar-refractivity contribution in [2.75, 3.05) is 32.7 Å². The number of rotatable bonds is 6. The standard InChI is InChI=1S/C20H25ClN2O/c1-17(24-20-9-7-19(21)8-10-20)15-22-11-13-23(14-12-22)16-18-5-3-2-4-6-18/h2-10,17H,11-16H2,1H3. The molecule has 3 rings (SSSR count). The summed E-state index contributed by atoms with van der Waals surface area (Å²) in [5.74, 6) is 0.884. The fourth-order valence-corrected chi connectivity index (χ4v) is 3.24. The van der Waals surface area contributed by atoms with E-state index in [0.717, 1.165) is 50.0 Å². The molecule has 0 bridgehead atoms. The van der Waals surface area contributed by atoms with E-state index in [1.54, 1.807) is 0 Å². The lowest BCUT2D eigenvalue weighted by atomic mass is 10.2. The van der Waals surface area contributed by atoms with Gasteiger partial charge in [-0.15, -0.1) is 0 Å². The van der Waals surface area contributed by atoms with Gasteiger partial charge in [-0.2, -0.15) is 0 Å². The van der Waals surface area contributed by atoms with Crippen molar-refractivity contribution in [2.45, 2.75) is 19.6 Å². The van der Waals surface area contributed by atoms with Crippen LogP contribution in [0.15, 0.2) is 54.6 Å². The number of piperazine rings is 1. The van der Waals surface area contributed by atoms with Crippen LogP contribution in [0.5, 0.6) is 5.75 Å². The van der Waals surface area contributed by atoms with Gasteiger partial charge in [0.25, 0.3) is 0 Å². The highest BCUT2D eigenvalue weighted by Crippen LogP contribution is 2.17. The number of ether oxygens (including phenoxy) is 1. The second-order valence-electron chi connectivity index (χ2n) is 6.44. The van der Waals surface area contributed by atoms with Crippen LogP contribution in [-0.4, -0.2) is 48.6 Å². The molecule has 4 heteroatoms. The fraction of sp³-hybridized carbons (Fsp3) is 0.400. The SMILES string of the molecule is CC(CN1CCN(Cc2ccccc2)CC1)Oc1ccc(Cl)cc1. The van der Waals surface area contributed by atoms with Crippen LogP contribution < -0.4 is 4.74 Å². The molecular weight excluding hydrogens is 320 g/mol. The highest BCUT2D eigenvalue weighted by Gasteiger charge is 2.19. The smallest absolute Gasteiger partial charge is 0.119 e. The number of halogens is 1. The van der Waals surface area contributed by atoms with Crippen LogP contribution in [-0.2, 0) is 6.54 Å². The van der Waals surface area contributed by atoms with Crippen molar-refractivity contribution in [3.8, 4) is 5.75 Å². The third-order valence-electron chi connectivity index (χ3n) is 4.38. The maximum Gasteiger partial charge on any atom is 0.119 e. The first kappa shape index (κ1) is 17.3. The van der Waals surface area contributed by atoms with E-state index in [1.807, 2.05) is 24.3 Å². The van der Waals surface area contributed by atoms with Crippen molar-refractivity contribution >= 4 is 11.6 Å². The Morgan fingerprint density at radius 1 is 0.917 bits per heavy atom. The molecule has 1 aliphatic rings. The van der Waals surface area contributed by atoms with Crippen molar-refractivity contribution in [3.05, 3.63) is 65.2 Å². The third-order valence-corrected chi connectivity index (χ3v) is 4.63. The lowest BCUT2D eigenvalue weighted by Crippen LogP contribution is -2.48. The molecule has 2 aromatic rings. The molecule has 1 unspecified atom stereocenters. The third kappa shape index (κ3) is 5.23. The summed E-state index contributed by atoms with van der Waals surface area (Å²) in [4.78, 5) is 5.01. The molecular formula is C20H25ClN2O. The van der Waals surface area contributed by atoms with Gasteiger partial charge in [0.2, 0.25) is 0 Å². The fourth-order valence-electron chi connectivity index (χ4n) is 3.12. The molecule has 2 aromatic carbocycles. The summed E-state index contributed by atoms with van der Waals surface area (Å²) >= 11 is 5.91. The number of hydrogen-bond donors (Lipinski definition) is 0. The van der Waals surface area contributed by atoms with Crippen molar-refractivity contribution in [2.24, 2.45) is 0 Å². The predicted molar refractivity (Wildman–Crippen MR) is 99.7 cm³/mol. The highest BCUT2D eigenvalue weighted by atomic mass is 35.5. The Bertz CT molecular complexity index is 609. The quantitative estimate of drug-likeness (QED) is 0.789. The number of nitrogens with zero attached hydrogens (tertiary/aromatic N) is 2. The molecule has 0 spiro atoms. The van der Waals surface area contributed by atoms with Crippen LogP contribution in [0.4, 0.5) is 0 Å². The molecule has 0 aromatic heterocycles. The Labute approximate surface area is 149 Å². The van der Waals surface area contributed by atoms with E-state index in [-0.39, 0.29) is 6.10 Å². The molecule has 0 amide bonds. The minimum Gasteiger partial charge on any atom is -0.489 e. The summed E-state index contributed by atoms with van der Waals surface area (Å²) in [5.41, 5.74) is 1.39. The Balaban J connectivity index is 1.41. The van der Waals surface area contributed by atoms with Gasteiger partial charge in [0.15, 0.2) is 0 Å². The van der Waals surface area contributed by atoms with Gasteiger partial charge in [-0.25, -0.2) is 0 Å². The van der Waals surface area contributed by atoms with E-state index in [0.29, 0.717) is 0 Å². The molecule has 0 radical (unpaired) electrons. The summed E-state index contributed by atoms with van der Waals surface area (Å²) in [6.45, 7) is 8.56. The summed E-state index contributed by atoms with van der Waals surface area (Å²) in [6.07, 6.45) is 0.173. The molecule has 1 saturated heterocycles. The summed E-state index contributed by atoms with van der Waals surface area (Å²) < 4.78 is 5.98. The molecule has 24 heavy (non-hydrogen) atoms. The zero-order valence-corrected chi connectivity index (χ0v) is 15.0. The molecule has 0 saturated carbocycles. The Hall–Kier alpha value is -1.55. The molecule has 1 heterocycles. The maximum absolute atomic E-state index is 5.98. The monoisotopic (exact) mass is 344 g/mol. The molecule has 128 valence electrons. The minimum absolute atomic E-state index is 0.173. The lowest BCUT2D eigenvalue weighted by molar-refractivity contribution is 0.0874. The molecule has 1 atom stereocenters. The second-order valence-corrected chi connectivity index (χ2v) is 6.88. The van der Waals surface area contributed by atoms with Crippen molar-refractivity contribution in [3.63, 3.8) is 0 Å². The predicted octanol–water partition coefficient (Wildman–Crippen LogP) is 3.93. The average Bonchev–Trinajstić information content (AvgIpc) is 2.60. The van der Waals surface area contributed by atoms with E-state index in [9.17, 15) is 0 Å². The van der Waals surface area contributed by atoms with E-state index < -0.39 is 0 Å². The van der Waals surface area contributed by atoms with E-state index in [4.69, 9.17) is 16.3 Å². The van der Waals surface area contributed by atoms with Crippen LogP contribution in [0.1, 0.15) is 12.5 Å². The van der Waals surface area contributed by atoms with E-state index >= 15 is 0 Å². The summed E-state index contributed by atoms with van der Waals surface area (Å²) in [6, 6.07) is 18.3. The normalized spacial score (nSPS) is 17.6. The lowest BCUT2D eigenvalue weighted by Gasteiger charge is -2.35. The number of hydrogen-bond acceptors (Lipinski definition) is 3. The first-order valence-electron chi connectivity index (χ1n) is 8.60. The Kier molecular flexibility index (Phi) is 6.13. The van der Waals surface area contributed by atoms with Gasteiger partial charge in [-0.05, 0) is 36.8 Å². The van der Waals surface area contributed by atoms with Crippen molar-refractivity contribution in [1.82, 2.24) is 9.80 Å². The van der Waals surface area contributed by atoms with Crippen LogP contribution in [0, 0.1) is 0 Å². The van der Waals surface area contributed by atoms with Gasteiger partial charge < -0.3 is 4.74 Å². The minimum atomic E-state index is 0.173. The van der Waals surface area contributed by atoms with Gasteiger partial charge in [0.1, 0.15) is 11.9 Å². The largest absolute Gasteiger partial charge is 0.489 e. The molecule has 0 N–H and O–H groups in total. The van der Waals surface area contributed by atoms with Crippen molar-refractivity contribution in [1.29, 1.82) is 0 Å². The highest BCUT2D eigenvalue weighted by molar-refractivity contribution is 6.30. The van der Waals surface area contributed by atoms with Gasteiger partial charge in [-0.1, -0.05) is 41.9 Å². The van der Waals surface area contributed by atoms with Crippen LogP contribution in [0.3, 0.4) is 0 Å².